The fourth-order valence-corrected chi connectivity index (χ4v) is 12.6. The third kappa shape index (κ3) is 6.14. The topological polar surface area (TPSA) is 130 Å². The number of hydrogen-bond acceptors (Lipinski definition) is 5. The summed E-state index contributed by atoms with van der Waals surface area (Å²) in [6, 6.07) is -0.883. The van der Waals surface area contributed by atoms with Crippen molar-refractivity contribution in [3.8, 4) is 0 Å². The van der Waals surface area contributed by atoms with Gasteiger partial charge in [0, 0.05) is 5.41 Å². The molecule has 282 valence electrons. The number of carboxylic acids is 2. The van der Waals surface area contributed by atoms with Gasteiger partial charge in [0.2, 0.25) is 5.91 Å². The van der Waals surface area contributed by atoms with E-state index < -0.39 is 34.8 Å². The minimum Gasteiger partial charge on any atom is -0.481 e. The summed E-state index contributed by atoms with van der Waals surface area (Å²) in [4.78, 5) is 51.5. The summed E-state index contributed by atoms with van der Waals surface area (Å²) in [5.41, 5.74) is -0.714. The number of rotatable bonds is 9. The van der Waals surface area contributed by atoms with Gasteiger partial charge in [-0.1, -0.05) is 74.0 Å². The van der Waals surface area contributed by atoms with Crippen molar-refractivity contribution in [2.45, 2.75) is 165 Å². The Kier molecular flexibility index (Phi) is 9.82. The second-order valence-corrected chi connectivity index (χ2v) is 20.5. The molecule has 0 heterocycles. The standard InChI is InChI=1S/C42H67NO7/c1-25(2)22-28(33(45)46)43-34(47)42-20-18-36(3,4)23-27(42)26-12-13-30-39(9)16-15-31(50-32(44)24-37(5,6)35(48)49)38(7,8)29(39)14-17-41(30,11)40(26,10)19-21-42/h23,25-26,28-31H,12-22,24H2,1-11H3,(H,43,47)(H,45,46)(H,48,49)/t26-,28+,29?,30-,31+,39+,40-,41-,42+/m1/s1. The van der Waals surface area contributed by atoms with Crippen molar-refractivity contribution in [2.24, 2.45) is 61.6 Å². The molecule has 50 heavy (non-hydrogen) atoms. The number of nitrogens with one attached hydrogen (secondary N) is 1. The molecule has 9 atom stereocenters. The lowest BCUT2D eigenvalue weighted by atomic mass is 9.32. The molecule has 0 saturated heterocycles. The van der Waals surface area contributed by atoms with Gasteiger partial charge in [0.25, 0.3) is 0 Å². The maximum atomic E-state index is 14.5. The number of hydrogen-bond donors (Lipinski definition) is 3. The molecular formula is C42H67NO7. The smallest absolute Gasteiger partial charge is 0.326 e. The predicted octanol–water partition coefficient (Wildman–Crippen LogP) is 8.82. The minimum absolute atomic E-state index is 0.00701. The van der Waals surface area contributed by atoms with Gasteiger partial charge in [-0.3, -0.25) is 14.4 Å². The number of aliphatic carboxylic acids is 2. The van der Waals surface area contributed by atoms with Crippen LogP contribution in [0.4, 0.5) is 0 Å². The van der Waals surface area contributed by atoms with E-state index in [0.717, 1.165) is 64.2 Å². The van der Waals surface area contributed by atoms with E-state index in [-0.39, 0.29) is 57.3 Å². The van der Waals surface area contributed by atoms with Crippen molar-refractivity contribution in [1.29, 1.82) is 0 Å². The zero-order valence-electron chi connectivity index (χ0n) is 33.0. The van der Waals surface area contributed by atoms with Gasteiger partial charge in [-0.05, 0) is 130 Å². The minimum atomic E-state index is -1.17. The number of fused-ring (bicyclic) bond motifs is 7. The molecule has 8 heteroatoms. The molecule has 0 aromatic carbocycles. The summed E-state index contributed by atoms with van der Waals surface area (Å²) in [7, 11) is 0. The monoisotopic (exact) mass is 697 g/mol. The van der Waals surface area contributed by atoms with Crippen LogP contribution < -0.4 is 5.32 Å². The maximum Gasteiger partial charge on any atom is 0.326 e. The largest absolute Gasteiger partial charge is 0.481 e. The quantitative estimate of drug-likeness (QED) is 0.162. The summed E-state index contributed by atoms with van der Waals surface area (Å²) in [5.74, 6) is -1.19. The molecule has 1 amide bonds. The van der Waals surface area contributed by atoms with Crippen molar-refractivity contribution >= 4 is 23.8 Å². The lowest BCUT2D eigenvalue weighted by Crippen LogP contribution is -2.67. The molecule has 1 unspecified atom stereocenters. The third-order valence-corrected chi connectivity index (χ3v) is 15.7. The van der Waals surface area contributed by atoms with E-state index >= 15 is 0 Å². The second kappa shape index (κ2) is 12.6. The van der Waals surface area contributed by atoms with E-state index in [1.165, 1.54) is 5.57 Å². The number of allylic oxidation sites excluding steroid dienone is 1. The average molecular weight is 698 g/mol. The molecule has 5 aliphatic carbocycles. The van der Waals surface area contributed by atoms with E-state index in [4.69, 9.17) is 4.74 Å². The Labute approximate surface area is 301 Å². The molecule has 0 bridgehead atoms. The predicted molar refractivity (Wildman–Crippen MR) is 194 cm³/mol. The van der Waals surface area contributed by atoms with Crippen molar-refractivity contribution in [2.75, 3.05) is 0 Å². The molecule has 0 radical (unpaired) electrons. The average Bonchev–Trinajstić information content (AvgIpc) is 2.97. The van der Waals surface area contributed by atoms with Gasteiger partial charge >= 0.3 is 17.9 Å². The SMILES string of the molecule is CC(C)C[C@H](NC(=O)[C@]12CCC(C)(C)C=C1[C@H]1CC[C@@H]3[C@@]4(C)CC[C@H](OC(=O)CC(C)(C)C(=O)O)C(C)(C)C4CC[C@@]3(C)[C@]1(C)CC2)C(=O)O. The number of amides is 1. The highest BCUT2D eigenvalue weighted by Crippen LogP contribution is 2.76. The fourth-order valence-electron chi connectivity index (χ4n) is 12.6. The molecule has 4 fully saturated rings. The molecular weight excluding hydrogens is 630 g/mol. The normalized spacial score (nSPS) is 39.4. The van der Waals surface area contributed by atoms with Gasteiger partial charge in [-0.25, -0.2) is 4.79 Å². The van der Waals surface area contributed by atoms with Crippen LogP contribution in [0.2, 0.25) is 0 Å². The molecule has 5 rings (SSSR count). The Hall–Kier alpha value is -2.38. The maximum absolute atomic E-state index is 14.5. The Morgan fingerprint density at radius 1 is 0.840 bits per heavy atom. The molecule has 0 spiro atoms. The van der Waals surface area contributed by atoms with Crippen molar-refractivity contribution in [3.05, 3.63) is 11.6 Å². The number of carbonyl (C=O) groups is 4. The molecule has 3 N–H and O–H groups in total. The molecule has 5 aliphatic rings. The summed E-state index contributed by atoms with van der Waals surface area (Å²) < 4.78 is 6.14. The van der Waals surface area contributed by atoms with E-state index in [2.05, 4.69) is 59.9 Å². The molecule has 0 aliphatic heterocycles. The number of carbonyl (C=O) groups excluding carboxylic acids is 2. The first kappa shape index (κ1) is 38.8. The number of ether oxygens (including phenoxy) is 1. The Balaban J connectivity index is 1.43. The zero-order chi connectivity index (χ0) is 37.5. The van der Waals surface area contributed by atoms with Gasteiger partial charge in [0.15, 0.2) is 0 Å². The lowest BCUT2D eigenvalue weighted by Gasteiger charge is -2.72. The van der Waals surface area contributed by atoms with Gasteiger partial charge in [0.05, 0.1) is 17.3 Å². The first-order valence-corrected chi connectivity index (χ1v) is 19.6. The third-order valence-electron chi connectivity index (χ3n) is 15.7. The van der Waals surface area contributed by atoms with Crippen LogP contribution in [0.25, 0.3) is 0 Å². The second-order valence-electron chi connectivity index (χ2n) is 20.5. The van der Waals surface area contributed by atoms with Crippen LogP contribution in [-0.2, 0) is 23.9 Å². The summed E-state index contributed by atoms with van der Waals surface area (Å²) in [6.07, 6.45) is 11.8. The van der Waals surface area contributed by atoms with Crippen LogP contribution >= 0.6 is 0 Å². The Morgan fingerprint density at radius 2 is 1.48 bits per heavy atom. The molecule has 0 aromatic heterocycles. The summed E-state index contributed by atoms with van der Waals surface area (Å²) in [5, 5.41) is 22.7. The van der Waals surface area contributed by atoms with Crippen LogP contribution in [0.1, 0.15) is 153 Å². The van der Waals surface area contributed by atoms with Crippen molar-refractivity contribution in [3.63, 3.8) is 0 Å². The van der Waals surface area contributed by atoms with Gasteiger partial charge < -0.3 is 20.3 Å². The molecule has 0 aromatic rings. The van der Waals surface area contributed by atoms with Crippen LogP contribution in [-0.4, -0.2) is 46.2 Å². The Morgan fingerprint density at radius 3 is 2.08 bits per heavy atom. The van der Waals surface area contributed by atoms with E-state index in [9.17, 15) is 29.4 Å². The lowest BCUT2D eigenvalue weighted by molar-refractivity contribution is -0.234. The summed E-state index contributed by atoms with van der Waals surface area (Å²) >= 11 is 0. The number of esters is 1. The highest BCUT2D eigenvalue weighted by molar-refractivity contribution is 5.90. The summed E-state index contributed by atoms with van der Waals surface area (Å²) in [6.45, 7) is 23.8. The van der Waals surface area contributed by atoms with Crippen molar-refractivity contribution in [1.82, 2.24) is 5.32 Å². The van der Waals surface area contributed by atoms with Gasteiger partial charge in [-0.15, -0.1) is 0 Å². The Bertz CT molecular complexity index is 1430. The highest BCUT2D eigenvalue weighted by Gasteiger charge is 2.70. The van der Waals surface area contributed by atoms with Crippen LogP contribution in [0.3, 0.4) is 0 Å². The van der Waals surface area contributed by atoms with Crippen LogP contribution in [0.15, 0.2) is 11.6 Å². The highest BCUT2D eigenvalue weighted by atomic mass is 16.5. The van der Waals surface area contributed by atoms with Crippen LogP contribution in [0, 0.1) is 61.6 Å². The molecule has 8 nitrogen and oxygen atoms in total. The first-order chi connectivity index (χ1) is 22.9. The van der Waals surface area contributed by atoms with Crippen LogP contribution in [0.5, 0.6) is 0 Å². The van der Waals surface area contributed by atoms with Gasteiger partial charge in [0.1, 0.15) is 12.1 Å². The van der Waals surface area contributed by atoms with Gasteiger partial charge in [-0.2, -0.15) is 0 Å². The van der Waals surface area contributed by atoms with Crippen molar-refractivity contribution < 1.29 is 34.1 Å². The van der Waals surface area contributed by atoms with E-state index in [1.54, 1.807) is 13.8 Å². The zero-order valence-corrected chi connectivity index (χ0v) is 33.0. The number of carboxylic acid groups (broad SMARTS) is 2. The fraction of sp³-hybridized carbons (Fsp3) is 0.857. The van der Waals surface area contributed by atoms with E-state index in [0.29, 0.717) is 18.3 Å². The first-order valence-electron chi connectivity index (χ1n) is 19.6. The van der Waals surface area contributed by atoms with E-state index in [1.807, 2.05) is 13.8 Å². The molecule has 4 saturated carbocycles.